The van der Waals surface area contributed by atoms with E-state index in [2.05, 4.69) is 5.32 Å². The van der Waals surface area contributed by atoms with Crippen molar-refractivity contribution in [3.05, 3.63) is 29.3 Å². The topological polar surface area (TPSA) is 32.3 Å². The first kappa shape index (κ1) is 17.3. The largest absolute Gasteiger partial charge is 0.418 e. The number of hydrogen-bond acceptors (Lipinski definition) is 2. The summed E-state index contributed by atoms with van der Waals surface area (Å²) in [6.45, 7) is 8.01. The van der Waals surface area contributed by atoms with Gasteiger partial charge in [0, 0.05) is 30.4 Å². The molecule has 0 saturated heterocycles. The summed E-state index contributed by atoms with van der Waals surface area (Å²) in [5.74, 6) is -0.388. The van der Waals surface area contributed by atoms with Gasteiger partial charge in [0.2, 0.25) is 0 Å². The quantitative estimate of drug-likeness (QED) is 0.891. The third-order valence-electron chi connectivity index (χ3n) is 3.16. The number of amides is 1. The van der Waals surface area contributed by atoms with Crippen LogP contribution in [0.25, 0.3) is 0 Å². The highest BCUT2D eigenvalue weighted by molar-refractivity contribution is 5.95. The molecule has 118 valence electrons. The van der Waals surface area contributed by atoms with Gasteiger partial charge in [-0.3, -0.25) is 4.79 Å². The van der Waals surface area contributed by atoms with E-state index < -0.39 is 11.7 Å². The van der Waals surface area contributed by atoms with Crippen molar-refractivity contribution in [3.63, 3.8) is 0 Å². The van der Waals surface area contributed by atoms with Crippen molar-refractivity contribution < 1.29 is 18.0 Å². The molecule has 1 aromatic rings. The average molecular weight is 302 g/mol. The third-order valence-corrected chi connectivity index (χ3v) is 3.16. The first-order chi connectivity index (χ1) is 9.72. The van der Waals surface area contributed by atoms with Crippen molar-refractivity contribution in [2.45, 2.75) is 39.9 Å². The Morgan fingerprint density at radius 3 is 2.33 bits per heavy atom. The molecule has 3 nitrogen and oxygen atoms in total. The zero-order valence-corrected chi connectivity index (χ0v) is 12.7. The van der Waals surface area contributed by atoms with Gasteiger partial charge in [0.15, 0.2) is 0 Å². The maximum atomic E-state index is 13.1. The zero-order chi connectivity index (χ0) is 16.2. The van der Waals surface area contributed by atoms with E-state index in [0.29, 0.717) is 13.1 Å². The second-order valence-corrected chi connectivity index (χ2v) is 4.97. The number of halogens is 3. The Morgan fingerprint density at radius 2 is 1.90 bits per heavy atom. The molecule has 0 saturated carbocycles. The zero-order valence-electron chi connectivity index (χ0n) is 12.7. The van der Waals surface area contributed by atoms with Crippen LogP contribution in [0.4, 0.5) is 18.9 Å². The van der Waals surface area contributed by atoms with E-state index in [4.69, 9.17) is 0 Å². The molecule has 0 unspecified atom stereocenters. The number of rotatable bonds is 5. The predicted octanol–water partition coefficient (Wildman–Crippen LogP) is 4.01. The smallest absolute Gasteiger partial charge is 0.385 e. The summed E-state index contributed by atoms with van der Waals surface area (Å²) in [6, 6.07) is 3.60. The molecule has 21 heavy (non-hydrogen) atoms. The van der Waals surface area contributed by atoms with Crippen molar-refractivity contribution in [1.82, 2.24) is 4.90 Å². The molecule has 0 aromatic heterocycles. The van der Waals surface area contributed by atoms with Gasteiger partial charge in [0.05, 0.1) is 5.56 Å². The minimum absolute atomic E-state index is 0.00542. The summed E-state index contributed by atoms with van der Waals surface area (Å²) >= 11 is 0. The summed E-state index contributed by atoms with van der Waals surface area (Å²) in [4.78, 5) is 13.8. The van der Waals surface area contributed by atoms with Crippen LogP contribution >= 0.6 is 0 Å². The van der Waals surface area contributed by atoms with Crippen LogP contribution in [0.15, 0.2) is 18.2 Å². The predicted molar refractivity (Wildman–Crippen MR) is 77.5 cm³/mol. The Labute approximate surface area is 123 Å². The van der Waals surface area contributed by atoms with Crippen LogP contribution in [0.5, 0.6) is 0 Å². The Bertz CT molecular complexity index is 498. The van der Waals surface area contributed by atoms with Crippen LogP contribution in [0.3, 0.4) is 0 Å². The number of carbonyl (C=O) groups excluding carboxylic acids is 1. The molecule has 1 amide bonds. The minimum atomic E-state index is -4.50. The van der Waals surface area contributed by atoms with Gasteiger partial charge in [-0.05, 0) is 45.9 Å². The number of anilines is 1. The number of carbonyl (C=O) groups is 1. The van der Waals surface area contributed by atoms with Crippen molar-refractivity contribution in [3.8, 4) is 0 Å². The molecule has 0 aliphatic carbocycles. The van der Waals surface area contributed by atoms with Crippen LogP contribution in [0.2, 0.25) is 0 Å². The van der Waals surface area contributed by atoms with Crippen LogP contribution in [-0.4, -0.2) is 29.9 Å². The van der Waals surface area contributed by atoms with Crippen molar-refractivity contribution >= 4 is 11.6 Å². The van der Waals surface area contributed by atoms with E-state index in [1.807, 2.05) is 13.8 Å². The number of hydrogen-bond donors (Lipinski definition) is 1. The lowest BCUT2D eigenvalue weighted by Gasteiger charge is -2.26. The first-order valence-corrected chi connectivity index (χ1v) is 6.98. The maximum absolute atomic E-state index is 13.1. The molecule has 0 aliphatic rings. The highest BCUT2D eigenvalue weighted by atomic mass is 19.4. The number of nitrogens with one attached hydrogen (secondary N) is 1. The Balaban J connectivity index is 3.25. The molecule has 0 aliphatic heterocycles. The van der Waals surface area contributed by atoms with Crippen LogP contribution < -0.4 is 5.32 Å². The lowest BCUT2D eigenvalue weighted by Crippen LogP contribution is -2.36. The van der Waals surface area contributed by atoms with Crippen molar-refractivity contribution in [1.29, 1.82) is 0 Å². The fraction of sp³-hybridized carbons (Fsp3) is 0.533. The SMILES string of the molecule is CCNc1ccc(C(=O)N(CC)C(C)C)cc1C(F)(F)F. The Kier molecular flexibility index (Phi) is 5.63. The maximum Gasteiger partial charge on any atom is 0.418 e. The summed E-state index contributed by atoms with van der Waals surface area (Å²) in [5.41, 5.74) is -0.760. The van der Waals surface area contributed by atoms with Gasteiger partial charge >= 0.3 is 6.18 Å². The highest BCUT2D eigenvalue weighted by Gasteiger charge is 2.34. The second kappa shape index (κ2) is 6.83. The summed E-state index contributed by atoms with van der Waals surface area (Å²) < 4.78 is 39.3. The number of benzene rings is 1. The van der Waals surface area contributed by atoms with E-state index in [1.54, 1.807) is 13.8 Å². The average Bonchev–Trinajstić information content (AvgIpc) is 2.38. The van der Waals surface area contributed by atoms with Crippen molar-refractivity contribution in [2.75, 3.05) is 18.4 Å². The van der Waals surface area contributed by atoms with Crippen molar-refractivity contribution in [2.24, 2.45) is 0 Å². The summed E-state index contributed by atoms with van der Waals surface area (Å²) in [7, 11) is 0. The standard InChI is InChI=1S/C15H21F3N2O/c1-5-19-13-8-7-11(9-12(13)15(16,17)18)14(21)20(6-2)10(3)4/h7-10,19H,5-6H2,1-4H3. The molecule has 6 heteroatoms. The lowest BCUT2D eigenvalue weighted by atomic mass is 10.1. The summed E-state index contributed by atoms with van der Waals surface area (Å²) in [6.07, 6.45) is -4.50. The van der Waals surface area contributed by atoms with Gasteiger partial charge < -0.3 is 10.2 Å². The molecule has 0 fully saturated rings. The van der Waals surface area contributed by atoms with E-state index in [9.17, 15) is 18.0 Å². The molecule has 0 heterocycles. The number of nitrogens with zero attached hydrogens (tertiary/aromatic N) is 1. The lowest BCUT2D eigenvalue weighted by molar-refractivity contribution is -0.137. The first-order valence-electron chi connectivity index (χ1n) is 6.98. The fourth-order valence-electron chi connectivity index (χ4n) is 2.17. The van der Waals surface area contributed by atoms with Gasteiger partial charge in [0.1, 0.15) is 0 Å². The molecule has 1 N–H and O–H groups in total. The van der Waals surface area contributed by atoms with E-state index >= 15 is 0 Å². The Hall–Kier alpha value is -1.72. The molecule has 0 spiro atoms. The minimum Gasteiger partial charge on any atom is -0.385 e. The highest BCUT2D eigenvalue weighted by Crippen LogP contribution is 2.35. The van der Waals surface area contributed by atoms with Gasteiger partial charge in [-0.1, -0.05) is 0 Å². The second-order valence-electron chi connectivity index (χ2n) is 4.97. The molecule has 0 atom stereocenters. The molecular weight excluding hydrogens is 281 g/mol. The molecule has 1 aromatic carbocycles. The Morgan fingerprint density at radius 1 is 1.29 bits per heavy atom. The normalized spacial score (nSPS) is 11.6. The van der Waals surface area contributed by atoms with Gasteiger partial charge in [-0.2, -0.15) is 13.2 Å². The molecule has 1 rings (SSSR count). The van der Waals surface area contributed by atoms with Crippen LogP contribution in [0.1, 0.15) is 43.6 Å². The van der Waals surface area contributed by atoms with E-state index in [1.165, 1.54) is 17.0 Å². The molecular formula is C15H21F3N2O. The fourth-order valence-corrected chi connectivity index (χ4v) is 2.17. The van der Waals surface area contributed by atoms with E-state index in [0.717, 1.165) is 6.07 Å². The van der Waals surface area contributed by atoms with Gasteiger partial charge in [-0.25, -0.2) is 0 Å². The van der Waals surface area contributed by atoms with Gasteiger partial charge in [-0.15, -0.1) is 0 Å². The number of alkyl halides is 3. The molecule has 0 bridgehead atoms. The van der Waals surface area contributed by atoms with Crippen LogP contribution in [-0.2, 0) is 6.18 Å². The van der Waals surface area contributed by atoms with Crippen LogP contribution in [0, 0.1) is 0 Å². The monoisotopic (exact) mass is 302 g/mol. The molecule has 0 radical (unpaired) electrons. The summed E-state index contributed by atoms with van der Waals surface area (Å²) in [5, 5.41) is 2.67. The third kappa shape index (κ3) is 4.12. The van der Waals surface area contributed by atoms with E-state index in [-0.39, 0.29) is 23.2 Å². The van der Waals surface area contributed by atoms with Gasteiger partial charge in [0.25, 0.3) is 5.91 Å².